The molecular weight excluding hydrogens is 360 g/mol. The summed E-state index contributed by atoms with van der Waals surface area (Å²) < 4.78 is 10.2. The molecule has 5 nitrogen and oxygen atoms in total. The Hall–Kier alpha value is -2.44. The lowest BCUT2D eigenvalue weighted by atomic mass is 10.0. The number of H-pyrrole nitrogens is 1. The molecule has 0 spiro atoms. The van der Waals surface area contributed by atoms with E-state index >= 15 is 0 Å². The number of hydrogen-bond donors (Lipinski definition) is 2. The summed E-state index contributed by atoms with van der Waals surface area (Å²) in [5, 5.41) is 10.4. The molecule has 1 heterocycles. The molecule has 0 unspecified atom stereocenters. The van der Waals surface area contributed by atoms with E-state index in [4.69, 9.17) is 14.5 Å². The maximum absolute atomic E-state index is 9.59. The van der Waals surface area contributed by atoms with Gasteiger partial charge in [0.25, 0.3) is 0 Å². The summed E-state index contributed by atoms with van der Waals surface area (Å²) in [7, 11) is 3.30. The van der Waals surface area contributed by atoms with Crippen molar-refractivity contribution < 1.29 is 14.6 Å². The minimum Gasteiger partial charge on any atom is -0.497 e. The number of methoxy groups -OCH3 is 2. The van der Waals surface area contributed by atoms with Gasteiger partial charge in [0.1, 0.15) is 11.5 Å². The van der Waals surface area contributed by atoms with Crippen LogP contribution in [0.25, 0.3) is 22.5 Å². The predicted molar refractivity (Wildman–Crippen MR) is 110 cm³/mol. The molecule has 0 saturated carbocycles. The van der Waals surface area contributed by atoms with Crippen molar-refractivity contribution in [3.05, 3.63) is 48.5 Å². The molecule has 0 radical (unpaired) electrons. The molecule has 2 N–H and O–H groups in total. The molecule has 0 aliphatic carbocycles. The lowest BCUT2D eigenvalue weighted by molar-refractivity contribution is 0.265. The van der Waals surface area contributed by atoms with Crippen molar-refractivity contribution in [3.8, 4) is 34.0 Å². The second-order valence-electron chi connectivity index (χ2n) is 6.74. The Morgan fingerprint density at radius 2 is 1.44 bits per heavy atom. The maximum atomic E-state index is 9.59. The van der Waals surface area contributed by atoms with Gasteiger partial charge in [-0.15, -0.1) is 0 Å². The zero-order chi connectivity index (χ0) is 19.4. The van der Waals surface area contributed by atoms with E-state index in [1.165, 1.54) is 11.8 Å². The van der Waals surface area contributed by atoms with Crippen molar-refractivity contribution in [2.45, 2.75) is 23.8 Å². The number of thioether (sulfide) groups is 1. The molecule has 0 bridgehead atoms. The summed E-state index contributed by atoms with van der Waals surface area (Å²) in [6.45, 7) is 4.04. The number of aliphatic hydroxyl groups is 1. The molecule has 142 valence electrons. The van der Waals surface area contributed by atoms with Gasteiger partial charge in [0.05, 0.1) is 32.2 Å². The number of aromatic nitrogens is 2. The average molecular weight is 385 g/mol. The highest BCUT2D eigenvalue weighted by atomic mass is 32.2. The van der Waals surface area contributed by atoms with Gasteiger partial charge in [-0.2, -0.15) is 0 Å². The number of hydrogen-bond acceptors (Lipinski definition) is 5. The second-order valence-corrected chi connectivity index (χ2v) is 8.44. The quantitative estimate of drug-likeness (QED) is 0.582. The first-order chi connectivity index (χ1) is 13.0. The summed E-state index contributed by atoms with van der Waals surface area (Å²) in [6, 6.07) is 15.7. The normalized spacial score (nSPS) is 11.4. The van der Waals surface area contributed by atoms with Crippen LogP contribution >= 0.6 is 11.8 Å². The van der Waals surface area contributed by atoms with E-state index < -0.39 is 0 Å². The second kappa shape index (κ2) is 8.06. The van der Waals surface area contributed by atoms with Crippen LogP contribution in [-0.2, 0) is 0 Å². The number of nitrogens with zero attached hydrogens (tertiary/aromatic N) is 1. The van der Waals surface area contributed by atoms with Gasteiger partial charge in [-0.25, -0.2) is 4.98 Å². The van der Waals surface area contributed by atoms with Crippen molar-refractivity contribution in [3.63, 3.8) is 0 Å². The number of ether oxygens (including phenoxy) is 2. The van der Waals surface area contributed by atoms with Crippen molar-refractivity contribution >= 4 is 11.8 Å². The molecule has 0 aliphatic rings. The predicted octanol–water partition coefficient (Wildman–Crippen LogP) is 4.62. The Balaban J connectivity index is 2.06. The van der Waals surface area contributed by atoms with Crippen LogP contribution < -0.4 is 9.47 Å². The van der Waals surface area contributed by atoms with Crippen LogP contribution in [0.5, 0.6) is 11.5 Å². The molecule has 0 saturated heterocycles. The Morgan fingerprint density at radius 3 is 1.93 bits per heavy atom. The third kappa shape index (κ3) is 4.46. The Labute approximate surface area is 163 Å². The zero-order valence-corrected chi connectivity index (χ0v) is 16.8. The molecule has 1 aromatic heterocycles. The number of imidazole rings is 1. The topological polar surface area (TPSA) is 67.4 Å². The summed E-state index contributed by atoms with van der Waals surface area (Å²) in [5.41, 5.74) is 3.80. The van der Waals surface area contributed by atoms with Crippen LogP contribution in [0, 0.1) is 0 Å². The molecule has 0 fully saturated rings. The van der Waals surface area contributed by atoms with Gasteiger partial charge < -0.3 is 19.6 Å². The Kier molecular flexibility index (Phi) is 5.77. The van der Waals surface area contributed by atoms with Crippen LogP contribution in [0.15, 0.2) is 53.7 Å². The average Bonchev–Trinajstić information content (AvgIpc) is 3.11. The number of aromatic amines is 1. The van der Waals surface area contributed by atoms with Crippen LogP contribution in [-0.4, -0.2) is 40.6 Å². The van der Waals surface area contributed by atoms with E-state index in [1.807, 2.05) is 62.4 Å². The minimum atomic E-state index is -0.327. The monoisotopic (exact) mass is 384 g/mol. The van der Waals surface area contributed by atoms with Gasteiger partial charge in [0, 0.05) is 15.9 Å². The van der Waals surface area contributed by atoms with Crippen molar-refractivity contribution in [1.29, 1.82) is 0 Å². The highest BCUT2D eigenvalue weighted by Crippen LogP contribution is 2.37. The number of benzene rings is 2. The van der Waals surface area contributed by atoms with E-state index in [9.17, 15) is 5.11 Å². The first-order valence-electron chi connectivity index (χ1n) is 8.64. The largest absolute Gasteiger partial charge is 0.497 e. The summed E-state index contributed by atoms with van der Waals surface area (Å²) >= 11 is 1.52. The van der Waals surface area contributed by atoms with Crippen molar-refractivity contribution in [2.24, 2.45) is 0 Å². The van der Waals surface area contributed by atoms with E-state index in [-0.39, 0.29) is 11.4 Å². The van der Waals surface area contributed by atoms with Crippen LogP contribution in [0.4, 0.5) is 0 Å². The lowest BCUT2D eigenvalue weighted by Gasteiger charge is -2.18. The maximum Gasteiger partial charge on any atom is 0.167 e. The highest BCUT2D eigenvalue weighted by Gasteiger charge is 2.22. The first kappa shape index (κ1) is 19.3. The van der Waals surface area contributed by atoms with Crippen molar-refractivity contribution in [1.82, 2.24) is 9.97 Å². The van der Waals surface area contributed by atoms with Gasteiger partial charge in [0.2, 0.25) is 0 Å². The Bertz CT molecular complexity index is 822. The SMILES string of the molecule is COc1ccc(-c2nc(SC(C)(C)CO)[nH]c2-c2ccc(OC)cc2)cc1. The third-order valence-electron chi connectivity index (χ3n) is 4.18. The fraction of sp³-hybridized carbons (Fsp3) is 0.286. The Morgan fingerprint density at radius 1 is 0.926 bits per heavy atom. The minimum absolute atomic E-state index is 0.0636. The standard InChI is InChI=1S/C21H24N2O3S/c1-21(2,13-24)27-20-22-18(14-5-9-16(25-3)10-6-14)19(23-20)15-7-11-17(26-4)12-8-15/h5-12,24H,13H2,1-4H3,(H,22,23). The van der Waals surface area contributed by atoms with E-state index in [2.05, 4.69) is 4.98 Å². The summed E-state index contributed by atoms with van der Waals surface area (Å²) in [5.74, 6) is 1.61. The smallest absolute Gasteiger partial charge is 0.167 e. The third-order valence-corrected chi connectivity index (χ3v) is 5.25. The molecule has 0 amide bonds. The van der Waals surface area contributed by atoms with Gasteiger partial charge in [-0.1, -0.05) is 11.8 Å². The molecule has 2 aromatic carbocycles. The summed E-state index contributed by atoms with van der Waals surface area (Å²) in [4.78, 5) is 8.23. The van der Waals surface area contributed by atoms with Crippen LogP contribution in [0.3, 0.4) is 0 Å². The van der Waals surface area contributed by atoms with Crippen molar-refractivity contribution in [2.75, 3.05) is 20.8 Å². The molecule has 27 heavy (non-hydrogen) atoms. The molecule has 3 aromatic rings. The molecule has 6 heteroatoms. The first-order valence-corrected chi connectivity index (χ1v) is 9.46. The van der Waals surface area contributed by atoms with Crippen LogP contribution in [0.2, 0.25) is 0 Å². The molecular formula is C21H24N2O3S. The van der Waals surface area contributed by atoms with E-state index in [0.29, 0.717) is 0 Å². The molecule has 0 aliphatic heterocycles. The van der Waals surface area contributed by atoms with Gasteiger partial charge in [0.15, 0.2) is 5.16 Å². The van der Waals surface area contributed by atoms with Gasteiger partial charge >= 0.3 is 0 Å². The summed E-state index contributed by atoms with van der Waals surface area (Å²) in [6.07, 6.45) is 0. The number of rotatable bonds is 7. The van der Waals surface area contributed by atoms with Gasteiger partial charge in [-0.05, 0) is 62.4 Å². The number of aliphatic hydroxyl groups excluding tert-OH is 1. The molecule has 3 rings (SSSR count). The van der Waals surface area contributed by atoms with E-state index in [1.54, 1.807) is 14.2 Å². The number of nitrogens with one attached hydrogen (secondary N) is 1. The zero-order valence-electron chi connectivity index (χ0n) is 15.9. The fourth-order valence-corrected chi connectivity index (χ4v) is 3.50. The highest BCUT2D eigenvalue weighted by molar-refractivity contribution is 8.00. The molecule has 0 atom stereocenters. The fourth-order valence-electron chi connectivity index (χ4n) is 2.62. The van der Waals surface area contributed by atoms with Gasteiger partial charge in [-0.3, -0.25) is 0 Å². The lowest BCUT2D eigenvalue weighted by Crippen LogP contribution is -2.19. The van der Waals surface area contributed by atoms with E-state index in [0.717, 1.165) is 39.2 Å². The van der Waals surface area contributed by atoms with Crippen LogP contribution in [0.1, 0.15) is 13.8 Å².